The first-order chi connectivity index (χ1) is 12.8. The summed E-state index contributed by atoms with van der Waals surface area (Å²) in [5.41, 5.74) is -0.970. The van der Waals surface area contributed by atoms with Gasteiger partial charge >= 0.3 is 12.1 Å². The van der Waals surface area contributed by atoms with E-state index in [4.69, 9.17) is 4.74 Å². The zero-order valence-electron chi connectivity index (χ0n) is 17.7. The number of ether oxygens (including phenoxy) is 1. The first-order valence-electron chi connectivity index (χ1n) is 9.73. The SMILES string of the molecule is CC(C)(C)OC(=O)N1CCC(c2ccc(F)cc2)(C(C(=O)O)C(C)(C)C)CC1. The topological polar surface area (TPSA) is 66.8 Å². The Kier molecular flexibility index (Phi) is 6.12. The first kappa shape index (κ1) is 22.2. The van der Waals surface area contributed by atoms with Crippen LogP contribution in [-0.4, -0.2) is 40.8 Å². The lowest BCUT2D eigenvalue weighted by molar-refractivity contribution is -0.150. The van der Waals surface area contributed by atoms with Crippen molar-refractivity contribution >= 4 is 12.1 Å². The number of hydrogen-bond donors (Lipinski definition) is 1. The van der Waals surface area contributed by atoms with Gasteiger partial charge in [-0.3, -0.25) is 4.79 Å². The van der Waals surface area contributed by atoms with Crippen molar-refractivity contribution in [3.63, 3.8) is 0 Å². The fourth-order valence-electron chi connectivity index (χ4n) is 4.38. The predicted octanol–water partition coefficient (Wildman–Crippen LogP) is 4.84. The minimum atomic E-state index is -0.873. The number of carbonyl (C=O) groups is 2. The summed E-state index contributed by atoms with van der Waals surface area (Å²) in [6, 6.07) is 6.11. The smallest absolute Gasteiger partial charge is 0.410 e. The number of nitrogens with zero attached hydrogens (tertiary/aromatic N) is 1. The van der Waals surface area contributed by atoms with Crippen LogP contribution < -0.4 is 0 Å². The van der Waals surface area contributed by atoms with Gasteiger partial charge in [0.2, 0.25) is 0 Å². The number of carboxylic acids is 1. The van der Waals surface area contributed by atoms with Gasteiger partial charge in [0.25, 0.3) is 0 Å². The van der Waals surface area contributed by atoms with Crippen LogP contribution in [0.3, 0.4) is 0 Å². The number of carboxylic acid groups (broad SMARTS) is 1. The van der Waals surface area contributed by atoms with Crippen LogP contribution >= 0.6 is 0 Å². The third kappa shape index (κ3) is 4.83. The lowest BCUT2D eigenvalue weighted by Gasteiger charge is -2.49. The zero-order chi connectivity index (χ0) is 21.3. The van der Waals surface area contributed by atoms with Crippen LogP contribution in [0.15, 0.2) is 24.3 Å². The van der Waals surface area contributed by atoms with Crippen molar-refractivity contribution in [3.8, 4) is 0 Å². The molecule has 6 heteroatoms. The molecule has 1 aliphatic rings. The minimum absolute atomic E-state index is 0.354. The molecule has 0 aliphatic carbocycles. The number of amides is 1. The second-order valence-electron chi connectivity index (χ2n) is 9.77. The maximum Gasteiger partial charge on any atom is 0.410 e. The Labute approximate surface area is 166 Å². The average Bonchev–Trinajstić information content (AvgIpc) is 2.52. The Morgan fingerprint density at radius 2 is 1.57 bits per heavy atom. The number of piperidine rings is 1. The van der Waals surface area contributed by atoms with E-state index in [2.05, 4.69) is 0 Å². The highest BCUT2D eigenvalue weighted by molar-refractivity contribution is 5.74. The molecule has 1 heterocycles. The Balaban J connectivity index is 2.39. The Morgan fingerprint density at radius 1 is 1.07 bits per heavy atom. The van der Waals surface area contributed by atoms with Gasteiger partial charge in [-0.1, -0.05) is 32.9 Å². The second kappa shape index (κ2) is 7.72. The second-order valence-corrected chi connectivity index (χ2v) is 9.77. The quantitative estimate of drug-likeness (QED) is 0.798. The molecule has 0 spiro atoms. The lowest BCUT2D eigenvalue weighted by atomic mass is 9.57. The van der Waals surface area contributed by atoms with Crippen molar-refractivity contribution in [2.75, 3.05) is 13.1 Å². The van der Waals surface area contributed by atoms with Crippen molar-refractivity contribution in [1.29, 1.82) is 0 Å². The number of likely N-dealkylation sites (tertiary alicyclic amines) is 1. The maximum absolute atomic E-state index is 13.5. The summed E-state index contributed by atoms with van der Waals surface area (Å²) >= 11 is 0. The number of aliphatic carboxylic acids is 1. The number of carbonyl (C=O) groups excluding carboxylic acids is 1. The van der Waals surface area contributed by atoms with Crippen molar-refractivity contribution in [3.05, 3.63) is 35.6 Å². The highest BCUT2D eigenvalue weighted by atomic mass is 19.1. The van der Waals surface area contributed by atoms with Crippen molar-refractivity contribution in [2.45, 2.75) is 65.4 Å². The molecule has 1 atom stereocenters. The normalized spacial score (nSPS) is 18.5. The van der Waals surface area contributed by atoms with Crippen LogP contribution in [0.25, 0.3) is 0 Å². The average molecular weight is 393 g/mol. The van der Waals surface area contributed by atoms with Gasteiger partial charge < -0.3 is 14.7 Å². The largest absolute Gasteiger partial charge is 0.481 e. The molecule has 1 aliphatic heterocycles. The molecule has 0 radical (unpaired) electrons. The molecule has 1 unspecified atom stereocenters. The van der Waals surface area contributed by atoms with Gasteiger partial charge in [-0.05, 0) is 56.7 Å². The molecule has 1 saturated heterocycles. The fourth-order valence-corrected chi connectivity index (χ4v) is 4.38. The molecule has 1 fully saturated rings. The van der Waals surface area contributed by atoms with Crippen LogP contribution in [0.1, 0.15) is 59.9 Å². The van der Waals surface area contributed by atoms with Crippen molar-refractivity contribution in [2.24, 2.45) is 11.3 Å². The molecule has 0 bridgehead atoms. The van der Waals surface area contributed by atoms with E-state index in [1.165, 1.54) is 12.1 Å². The Morgan fingerprint density at radius 3 is 1.96 bits per heavy atom. The number of hydrogen-bond acceptors (Lipinski definition) is 3. The standard InChI is InChI=1S/C22H32FNO4/c1-20(2,3)17(18(25)26)22(15-7-9-16(23)10-8-15)11-13-24(14-12-22)19(27)28-21(4,5)6/h7-10,17H,11-14H2,1-6H3,(H,25,26). The van der Waals surface area contributed by atoms with Gasteiger partial charge in [-0.15, -0.1) is 0 Å². The van der Waals surface area contributed by atoms with Crippen LogP contribution in [-0.2, 0) is 14.9 Å². The highest BCUT2D eigenvalue weighted by Gasteiger charge is 2.52. The molecule has 1 aromatic carbocycles. The van der Waals surface area contributed by atoms with E-state index in [1.807, 2.05) is 41.5 Å². The van der Waals surface area contributed by atoms with E-state index in [-0.39, 0.29) is 11.9 Å². The molecule has 28 heavy (non-hydrogen) atoms. The molecule has 0 aromatic heterocycles. The number of benzene rings is 1. The van der Waals surface area contributed by atoms with Crippen LogP contribution in [0.5, 0.6) is 0 Å². The van der Waals surface area contributed by atoms with E-state index in [9.17, 15) is 19.1 Å². The van der Waals surface area contributed by atoms with Gasteiger partial charge in [0.05, 0.1) is 5.92 Å². The number of rotatable bonds is 3. The third-order valence-corrected chi connectivity index (χ3v) is 5.39. The van der Waals surface area contributed by atoms with Crippen molar-refractivity contribution in [1.82, 2.24) is 4.90 Å². The van der Waals surface area contributed by atoms with Gasteiger partial charge in [0, 0.05) is 18.5 Å². The van der Waals surface area contributed by atoms with Gasteiger partial charge in [-0.2, -0.15) is 0 Å². The molecule has 5 nitrogen and oxygen atoms in total. The Bertz CT molecular complexity index is 708. The molecular weight excluding hydrogens is 361 g/mol. The van der Waals surface area contributed by atoms with Gasteiger partial charge in [0.1, 0.15) is 11.4 Å². The van der Waals surface area contributed by atoms with Crippen LogP contribution in [0.2, 0.25) is 0 Å². The summed E-state index contributed by atoms with van der Waals surface area (Å²) in [5, 5.41) is 10.1. The number of halogens is 1. The van der Waals surface area contributed by atoms with Gasteiger partial charge in [-0.25, -0.2) is 9.18 Å². The monoisotopic (exact) mass is 393 g/mol. The summed E-state index contributed by atoms with van der Waals surface area (Å²) < 4.78 is 19.0. The van der Waals surface area contributed by atoms with E-state index in [0.29, 0.717) is 25.9 Å². The van der Waals surface area contributed by atoms with E-state index >= 15 is 0 Å². The molecule has 1 aromatic rings. The highest BCUT2D eigenvalue weighted by Crippen LogP contribution is 2.49. The zero-order valence-corrected chi connectivity index (χ0v) is 17.7. The van der Waals surface area contributed by atoms with Crippen LogP contribution in [0.4, 0.5) is 9.18 Å². The van der Waals surface area contributed by atoms with Crippen molar-refractivity contribution < 1.29 is 23.8 Å². The third-order valence-electron chi connectivity index (χ3n) is 5.39. The molecule has 1 N–H and O–H groups in total. The fraction of sp³-hybridized carbons (Fsp3) is 0.636. The summed E-state index contributed by atoms with van der Waals surface area (Å²) in [5.74, 6) is -1.90. The predicted molar refractivity (Wildman–Crippen MR) is 106 cm³/mol. The molecule has 1 amide bonds. The maximum atomic E-state index is 13.5. The minimum Gasteiger partial charge on any atom is -0.481 e. The summed E-state index contributed by atoms with van der Waals surface area (Å²) in [7, 11) is 0. The van der Waals surface area contributed by atoms with Gasteiger partial charge in [0.15, 0.2) is 0 Å². The summed E-state index contributed by atoms with van der Waals surface area (Å²) in [6.45, 7) is 12.0. The summed E-state index contributed by atoms with van der Waals surface area (Å²) in [6.07, 6.45) is 0.570. The molecular formula is C22H32FNO4. The molecule has 2 rings (SSSR count). The van der Waals surface area contributed by atoms with E-state index < -0.39 is 28.3 Å². The lowest BCUT2D eigenvalue weighted by Crippen LogP contribution is -2.54. The molecule has 0 saturated carbocycles. The van der Waals surface area contributed by atoms with Crippen LogP contribution in [0, 0.1) is 17.2 Å². The molecule has 156 valence electrons. The Hall–Kier alpha value is -2.11. The summed E-state index contributed by atoms with van der Waals surface area (Å²) in [4.78, 5) is 26.4. The first-order valence-corrected chi connectivity index (χ1v) is 9.73. The van der Waals surface area contributed by atoms with E-state index in [0.717, 1.165) is 5.56 Å². The van der Waals surface area contributed by atoms with E-state index in [1.54, 1.807) is 17.0 Å².